The molecule has 1 nitrogen and oxygen atoms in total. The van der Waals surface area contributed by atoms with Crippen molar-refractivity contribution in [2.24, 2.45) is 10.8 Å². The van der Waals surface area contributed by atoms with Crippen LogP contribution in [0.1, 0.15) is 54.4 Å². The van der Waals surface area contributed by atoms with E-state index in [0.717, 1.165) is 6.42 Å². The monoisotopic (exact) mass is 254 g/mol. The highest BCUT2D eigenvalue weighted by atomic mass is 19.4. The molecule has 0 aliphatic heterocycles. The standard InChI is InChI=1S/C13H25F3O/c1-7-12(5,6)10(8-11(2,3)4)17-9-13(14,15)16/h10H,7-9H2,1-6H3. The smallest absolute Gasteiger partial charge is 0.368 e. The summed E-state index contributed by atoms with van der Waals surface area (Å²) in [7, 11) is 0. The zero-order valence-electron chi connectivity index (χ0n) is 11.7. The summed E-state index contributed by atoms with van der Waals surface area (Å²) in [6, 6.07) is 0. The van der Waals surface area contributed by atoms with E-state index in [1.54, 1.807) is 0 Å². The quantitative estimate of drug-likeness (QED) is 0.684. The third-order valence-electron chi connectivity index (χ3n) is 3.03. The minimum Gasteiger partial charge on any atom is -0.368 e. The zero-order valence-corrected chi connectivity index (χ0v) is 11.7. The van der Waals surface area contributed by atoms with E-state index < -0.39 is 12.8 Å². The Morgan fingerprint density at radius 2 is 1.47 bits per heavy atom. The third kappa shape index (κ3) is 7.63. The van der Waals surface area contributed by atoms with E-state index in [1.165, 1.54) is 0 Å². The molecule has 0 aromatic carbocycles. The highest BCUT2D eigenvalue weighted by Crippen LogP contribution is 2.36. The van der Waals surface area contributed by atoms with Crippen LogP contribution >= 0.6 is 0 Å². The van der Waals surface area contributed by atoms with Crippen LogP contribution in [0, 0.1) is 10.8 Å². The van der Waals surface area contributed by atoms with Crippen LogP contribution in [0.3, 0.4) is 0 Å². The van der Waals surface area contributed by atoms with Gasteiger partial charge in [0.1, 0.15) is 6.61 Å². The van der Waals surface area contributed by atoms with Crippen molar-refractivity contribution in [1.82, 2.24) is 0 Å². The molecule has 1 atom stereocenters. The van der Waals surface area contributed by atoms with Gasteiger partial charge in [0, 0.05) is 0 Å². The van der Waals surface area contributed by atoms with Crippen LogP contribution in [0.25, 0.3) is 0 Å². The Kier molecular flexibility index (Phi) is 5.51. The molecule has 0 fully saturated rings. The summed E-state index contributed by atoms with van der Waals surface area (Å²) < 4.78 is 41.8. The molecule has 0 saturated carbocycles. The summed E-state index contributed by atoms with van der Waals surface area (Å²) >= 11 is 0. The van der Waals surface area contributed by atoms with Gasteiger partial charge >= 0.3 is 6.18 Å². The molecule has 0 amide bonds. The van der Waals surface area contributed by atoms with Crippen LogP contribution < -0.4 is 0 Å². The fourth-order valence-corrected chi connectivity index (χ4v) is 1.54. The number of alkyl halides is 3. The molecule has 17 heavy (non-hydrogen) atoms. The van der Waals surface area contributed by atoms with Crippen LogP contribution in [0.2, 0.25) is 0 Å². The second-order valence-corrected chi connectivity index (χ2v) is 6.52. The van der Waals surface area contributed by atoms with Crippen molar-refractivity contribution < 1.29 is 17.9 Å². The summed E-state index contributed by atoms with van der Waals surface area (Å²) in [6.07, 6.45) is -3.19. The van der Waals surface area contributed by atoms with Crippen LogP contribution in [0.5, 0.6) is 0 Å². The Hall–Kier alpha value is -0.250. The van der Waals surface area contributed by atoms with E-state index in [1.807, 2.05) is 41.5 Å². The van der Waals surface area contributed by atoms with E-state index >= 15 is 0 Å². The number of halogens is 3. The van der Waals surface area contributed by atoms with Gasteiger partial charge in [-0.25, -0.2) is 0 Å². The van der Waals surface area contributed by atoms with E-state index in [2.05, 4.69) is 0 Å². The molecule has 0 heterocycles. The van der Waals surface area contributed by atoms with Crippen molar-refractivity contribution in [3.8, 4) is 0 Å². The number of hydrogen-bond acceptors (Lipinski definition) is 1. The van der Waals surface area contributed by atoms with Crippen molar-refractivity contribution in [2.45, 2.75) is 66.7 Å². The first-order chi connectivity index (χ1) is 7.37. The van der Waals surface area contributed by atoms with Crippen LogP contribution in [-0.4, -0.2) is 18.9 Å². The molecule has 0 rings (SSSR count). The van der Waals surface area contributed by atoms with Gasteiger partial charge in [-0.2, -0.15) is 13.2 Å². The molecule has 0 radical (unpaired) electrons. The lowest BCUT2D eigenvalue weighted by atomic mass is 9.76. The van der Waals surface area contributed by atoms with E-state index in [-0.39, 0.29) is 16.9 Å². The molecule has 0 aromatic rings. The summed E-state index contributed by atoms with van der Waals surface area (Å²) in [5, 5.41) is 0. The summed E-state index contributed by atoms with van der Waals surface area (Å²) in [5.74, 6) is 0. The van der Waals surface area contributed by atoms with Gasteiger partial charge < -0.3 is 4.74 Å². The summed E-state index contributed by atoms with van der Waals surface area (Å²) in [6.45, 7) is 10.8. The average molecular weight is 254 g/mol. The molecule has 0 spiro atoms. The van der Waals surface area contributed by atoms with Gasteiger partial charge in [-0.05, 0) is 23.7 Å². The Bertz CT molecular complexity index is 226. The van der Waals surface area contributed by atoms with Crippen LogP contribution in [-0.2, 0) is 4.74 Å². The maximum absolute atomic E-state index is 12.2. The average Bonchev–Trinajstić information content (AvgIpc) is 2.08. The van der Waals surface area contributed by atoms with Gasteiger partial charge in [0.2, 0.25) is 0 Å². The minimum absolute atomic E-state index is 0.0390. The van der Waals surface area contributed by atoms with Crippen molar-refractivity contribution in [2.75, 3.05) is 6.61 Å². The van der Waals surface area contributed by atoms with Gasteiger partial charge in [-0.3, -0.25) is 0 Å². The molecule has 0 saturated heterocycles. The Balaban J connectivity index is 4.64. The van der Waals surface area contributed by atoms with Crippen LogP contribution in [0.15, 0.2) is 0 Å². The first kappa shape index (κ1) is 16.8. The Labute approximate surface area is 103 Å². The predicted octanol–water partition coefficient (Wildman–Crippen LogP) is 4.81. The summed E-state index contributed by atoms with van der Waals surface area (Å²) in [4.78, 5) is 0. The van der Waals surface area contributed by atoms with Gasteiger partial charge in [0.25, 0.3) is 0 Å². The van der Waals surface area contributed by atoms with Gasteiger partial charge in [0.05, 0.1) is 6.10 Å². The Morgan fingerprint density at radius 1 is 1.00 bits per heavy atom. The lowest BCUT2D eigenvalue weighted by molar-refractivity contribution is -0.200. The topological polar surface area (TPSA) is 9.23 Å². The largest absolute Gasteiger partial charge is 0.411 e. The predicted molar refractivity (Wildman–Crippen MR) is 63.9 cm³/mol. The van der Waals surface area contributed by atoms with Crippen LogP contribution in [0.4, 0.5) is 13.2 Å². The highest BCUT2D eigenvalue weighted by molar-refractivity contribution is 4.82. The van der Waals surface area contributed by atoms with Gasteiger partial charge in [-0.15, -0.1) is 0 Å². The van der Waals surface area contributed by atoms with E-state index in [9.17, 15) is 13.2 Å². The molecular weight excluding hydrogens is 229 g/mol. The molecule has 4 heteroatoms. The molecule has 0 aliphatic rings. The maximum atomic E-state index is 12.2. The van der Waals surface area contributed by atoms with Crippen molar-refractivity contribution in [3.05, 3.63) is 0 Å². The highest BCUT2D eigenvalue weighted by Gasteiger charge is 2.36. The number of hydrogen-bond donors (Lipinski definition) is 0. The van der Waals surface area contributed by atoms with Crippen molar-refractivity contribution in [3.63, 3.8) is 0 Å². The first-order valence-electron chi connectivity index (χ1n) is 6.06. The normalized spacial score (nSPS) is 16.1. The number of rotatable bonds is 5. The van der Waals surface area contributed by atoms with Crippen molar-refractivity contribution >= 4 is 0 Å². The molecule has 0 aromatic heterocycles. The second kappa shape index (κ2) is 5.59. The minimum atomic E-state index is -4.25. The third-order valence-corrected chi connectivity index (χ3v) is 3.03. The SMILES string of the molecule is CCC(C)(C)C(CC(C)(C)C)OCC(F)(F)F. The van der Waals surface area contributed by atoms with Gasteiger partial charge in [0.15, 0.2) is 0 Å². The molecule has 0 aliphatic carbocycles. The van der Waals surface area contributed by atoms with Crippen molar-refractivity contribution in [1.29, 1.82) is 0 Å². The fourth-order valence-electron chi connectivity index (χ4n) is 1.54. The zero-order chi connectivity index (χ0) is 13.9. The fraction of sp³-hybridized carbons (Fsp3) is 1.00. The lowest BCUT2D eigenvalue weighted by Crippen LogP contribution is -2.37. The summed E-state index contributed by atoms with van der Waals surface area (Å²) in [5.41, 5.74) is -0.277. The molecule has 1 unspecified atom stereocenters. The maximum Gasteiger partial charge on any atom is 0.411 e. The molecule has 0 N–H and O–H groups in total. The Morgan fingerprint density at radius 3 is 1.76 bits per heavy atom. The van der Waals surface area contributed by atoms with E-state index in [4.69, 9.17) is 4.74 Å². The number of ether oxygens (including phenoxy) is 1. The van der Waals surface area contributed by atoms with Gasteiger partial charge in [-0.1, -0.05) is 41.5 Å². The molecule has 0 bridgehead atoms. The molecular formula is C13H25F3O. The van der Waals surface area contributed by atoms with E-state index in [0.29, 0.717) is 6.42 Å². The molecule has 104 valence electrons. The lowest BCUT2D eigenvalue weighted by Gasteiger charge is -2.37. The second-order valence-electron chi connectivity index (χ2n) is 6.52. The first-order valence-corrected chi connectivity index (χ1v) is 6.06.